The van der Waals surface area contributed by atoms with Crippen molar-refractivity contribution in [3.05, 3.63) is 33.5 Å². The van der Waals surface area contributed by atoms with Crippen molar-refractivity contribution in [3.63, 3.8) is 0 Å². The normalized spacial score (nSPS) is 10.6. The van der Waals surface area contributed by atoms with Crippen LogP contribution in [-0.4, -0.2) is 18.6 Å². The van der Waals surface area contributed by atoms with Crippen LogP contribution in [0, 0.1) is 0 Å². The zero-order valence-corrected chi connectivity index (χ0v) is 10.9. The Hall–Kier alpha value is -0.910. The van der Waals surface area contributed by atoms with Gasteiger partial charge in [0.15, 0.2) is 5.13 Å². The van der Waals surface area contributed by atoms with Crippen LogP contribution in [0.15, 0.2) is 22.9 Å². The van der Waals surface area contributed by atoms with Crippen molar-refractivity contribution in [2.45, 2.75) is 13.0 Å². The first-order valence-electron chi connectivity index (χ1n) is 5.17. The van der Waals surface area contributed by atoms with Gasteiger partial charge < -0.3 is 10.6 Å². The zero-order chi connectivity index (χ0) is 11.4. The van der Waals surface area contributed by atoms with Gasteiger partial charge in [0, 0.05) is 30.4 Å². The summed E-state index contributed by atoms with van der Waals surface area (Å²) in [5, 5.41) is 5.19. The summed E-state index contributed by atoms with van der Waals surface area (Å²) < 4.78 is 0. The molecule has 0 fully saturated rings. The van der Waals surface area contributed by atoms with Crippen LogP contribution in [0.2, 0.25) is 0 Å². The number of aromatic nitrogens is 1. The first-order chi connectivity index (χ1) is 7.79. The Morgan fingerprint density at radius 3 is 2.94 bits per heavy atom. The molecule has 0 amide bonds. The van der Waals surface area contributed by atoms with E-state index in [1.165, 1.54) is 4.88 Å². The topological polar surface area (TPSA) is 42.2 Å². The second-order valence-electron chi connectivity index (χ2n) is 3.58. The minimum Gasteiger partial charge on any atom is -0.351 e. The Labute approximate surface area is 104 Å². The summed E-state index contributed by atoms with van der Waals surface area (Å²) in [5.74, 6) is 0. The summed E-state index contributed by atoms with van der Waals surface area (Å²) in [6.07, 6.45) is 1.08. The fourth-order valence-corrected chi connectivity index (χ4v) is 2.92. The quantitative estimate of drug-likeness (QED) is 0.889. The van der Waals surface area contributed by atoms with Gasteiger partial charge in [-0.1, -0.05) is 6.07 Å². The van der Waals surface area contributed by atoms with Crippen LogP contribution in [0.25, 0.3) is 0 Å². The van der Waals surface area contributed by atoms with Crippen LogP contribution < -0.4 is 10.6 Å². The van der Waals surface area contributed by atoms with E-state index in [0.717, 1.165) is 23.8 Å². The summed E-state index contributed by atoms with van der Waals surface area (Å²) in [5.41, 5.74) is 6.52. The predicted octanol–water partition coefficient (Wildman–Crippen LogP) is 2.34. The van der Waals surface area contributed by atoms with E-state index in [-0.39, 0.29) is 0 Å². The van der Waals surface area contributed by atoms with Crippen LogP contribution in [0.3, 0.4) is 0 Å². The minimum absolute atomic E-state index is 0.523. The highest BCUT2D eigenvalue weighted by Crippen LogP contribution is 2.19. The van der Waals surface area contributed by atoms with Gasteiger partial charge in [-0.25, -0.2) is 4.98 Å². The first-order valence-corrected chi connectivity index (χ1v) is 6.93. The fraction of sp³-hybridized carbons (Fsp3) is 0.364. The molecule has 16 heavy (non-hydrogen) atoms. The zero-order valence-electron chi connectivity index (χ0n) is 9.22. The largest absolute Gasteiger partial charge is 0.351 e. The second kappa shape index (κ2) is 5.43. The van der Waals surface area contributed by atoms with Gasteiger partial charge in [0.1, 0.15) is 0 Å². The summed E-state index contributed by atoms with van der Waals surface area (Å²) in [7, 11) is 2.08. The molecule has 5 heteroatoms. The second-order valence-corrected chi connectivity index (χ2v) is 5.45. The van der Waals surface area contributed by atoms with Crippen molar-refractivity contribution in [2.75, 3.05) is 18.5 Å². The molecule has 0 aliphatic rings. The molecule has 2 rings (SSSR count). The van der Waals surface area contributed by atoms with Gasteiger partial charge in [0.2, 0.25) is 0 Å². The van der Waals surface area contributed by atoms with Gasteiger partial charge in [0.25, 0.3) is 0 Å². The molecule has 3 nitrogen and oxygen atoms in total. The molecule has 2 aromatic rings. The van der Waals surface area contributed by atoms with Crippen molar-refractivity contribution in [1.82, 2.24) is 4.98 Å². The lowest BCUT2D eigenvalue weighted by Crippen LogP contribution is -2.19. The molecule has 0 saturated carbocycles. The van der Waals surface area contributed by atoms with Crippen LogP contribution in [-0.2, 0) is 13.0 Å². The van der Waals surface area contributed by atoms with E-state index in [4.69, 9.17) is 5.73 Å². The molecular formula is C11H15N3S2. The molecule has 0 bridgehead atoms. The Morgan fingerprint density at radius 2 is 2.31 bits per heavy atom. The molecule has 0 aliphatic heterocycles. The van der Waals surface area contributed by atoms with Gasteiger partial charge in [-0.05, 0) is 17.9 Å². The lowest BCUT2D eigenvalue weighted by Gasteiger charge is -2.14. The molecule has 0 atom stereocenters. The number of nitrogens with two attached hydrogens (primary N) is 1. The summed E-state index contributed by atoms with van der Waals surface area (Å²) in [4.78, 5) is 8.05. The number of anilines is 1. The van der Waals surface area contributed by atoms with E-state index in [1.807, 2.05) is 5.38 Å². The van der Waals surface area contributed by atoms with Crippen LogP contribution in [0.5, 0.6) is 0 Å². The third-order valence-electron chi connectivity index (χ3n) is 2.35. The standard InChI is InChI=1S/C11H15N3S2/c1-14(5-4-10-3-2-6-15-10)11-13-9(7-12)8-16-11/h2-3,6,8H,4-5,7,12H2,1H3. The number of thiazole rings is 1. The van der Waals surface area contributed by atoms with Crippen molar-refractivity contribution >= 4 is 27.8 Å². The predicted molar refractivity (Wildman–Crippen MR) is 71.3 cm³/mol. The summed E-state index contributed by atoms with van der Waals surface area (Å²) in [6, 6.07) is 4.27. The third-order valence-corrected chi connectivity index (χ3v) is 4.29. The van der Waals surface area contributed by atoms with Gasteiger partial charge in [-0.2, -0.15) is 0 Å². The number of hydrogen-bond acceptors (Lipinski definition) is 5. The van der Waals surface area contributed by atoms with E-state index < -0.39 is 0 Å². The van der Waals surface area contributed by atoms with E-state index in [9.17, 15) is 0 Å². The first kappa shape index (κ1) is 11.6. The molecular weight excluding hydrogens is 238 g/mol. The molecule has 86 valence electrons. The molecule has 2 heterocycles. The lowest BCUT2D eigenvalue weighted by atomic mass is 10.3. The number of nitrogens with zero attached hydrogens (tertiary/aromatic N) is 2. The van der Waals surface area contributed by atoms with E-state index in [1.54, 1.807) is 22.7 Å². The van der Waals surface area contributed by atoms with Gasteiger partial charge in [-0.15, -0.1) is 22.7 Å². The van der Waals surface area contributed by atoms with Crippen molar-refractivity contribution in [2.24, 2.45) is 5.73 Å². The highest BCUT2D eigenvalue weighted by molar-refractivity contribution is 7.13. The molecule has 2 N–H and O–H groups in total. The Kier molecular flexibility index (Phi) is 3.93. The van der Waals surface area contributed by atoms with Crippen LogP contribution >= 0.6 is 22.7 Å². The van der Waals surface area contributed by atoms with E-state index >= 15 is 0 Å². The maximum atomic E-state index is 5.54. The van der Waals surface area contributed by atoms with Crippen LogP contribution in [0.4, 0.5) is 5.13 Å². The Morgan fingerprint density at radius 1 is 1.44 bits per heavy atom. The van der Waals surface area contributed by atoms with Gasteiger partial charge in [0.05, 0.1) is 5.69 Å². The molecule has 0 spiro atoms. The molecule has 0 aromatic carbocycles. The maximum absolute atomic E-state index is 5.54. The Balaban J connectivity index is 1.90. The molecule has 0 unspecified atom stereocenters. The van der Waals surface area contributed by atoms with Crippen molar-refractivity contribution < 1.29 is 0 Å². The van der Waals surface area contributed by atoms with Gasteiger partial charge in [-0.3, -0.25) is 0 Å². The highest BCUT2D eigenvalue weighted by Gasteiger charge is 2.06. The number of rotatable bonds is 5. The van der Waals surface area contributed by atoms with Crippen molar-refractivity contribution in [1.29, 1.82) is 0 Å². The average Bonchev–Trinajstić information content (AvgIpc) is 2.96. The van der Waals surface area contributed by atoms with E-state index in [2.05, 4.69) is 34.4 Å². The smallest absolute Gasteiger partial charge is 0.185 e. The molecule has 0 saturated heterocycles. The molecule has 2 aromatic heterocycles. The monoisotopic (exact) mass is 253 g/mol. The van der Waals surface area contributed by atoms with Gasteiger partial charge >= 0.3 is 0 Å². The summed E-state index contributed by atoms with van der Waals surface area (Å²) >= 11 is 3.46. The fourth-order valence-electron chi connectivity index (χ4n) is 1.39. The van der Waals surface area contributed by atoms with Crippen LogP contribution in [0.1, 0.15) is 10.6 Å². The summed E-state index contributed by atoms with van der Waals surface area (Å²) in [6.45, 7) is 1.52. The minimum atomic E-state index is 0.523. The highest BCUT2D eigenvalue weighted by atomic mass is 32.1. The average molecular weight is 253 g/mol. The van der Waals surface area contributed by atoms with E-state index in [0.29, 0.717) is 6.54 Å². The number of hydrogen-bond donors (Lipinski definition) is 1. The Bertz CT molecular complexity index is 422. The lowest BCUT2D eigenvalue weighted by molar-refractivity contribution is 0.873. The SMILES string of the molecule is CN(CCc1cccs1)c1nc(CN)cs1. The number of likely N-dealkylation sites (N-methyl/N-ethyl adjacent to an activating group) is 1. The third kappa shape index (κ3) is 2.81. The molecule has 0 aliphatic carbocycles. The number of thiophene rings is 1. The maximum Gasteiger partial charge on any atom is 0.185 e. The molecule has 0 radical (unpaired) electrons. The van der Waals surface area contributed by atoms with Crippen molar-refractivity contribution in [3.8, 4) is 0 Å².